The third kappa shape index (κ3) is 2.54. The lowest BCUT2D eigenvalue weighted by Crippen LogP contribution is -2.25. The van der Waals surface area contributed by atoms with Crippen LogP contribution in [0.25, 0.3) is 0 Å². The Balaban J connectivity index is 2.29. The molecule has 1 heterocycles. The first-order valence-electron chi connectivity index (χ1n) is 6.90. The van der Waals surface area contributed by atoms with Gasteiger partial charge < -0.3 is 9.64 Å². The summed E-state index contributed by atoms with van der Waals surface area (Å²) in [5.74, 6) is -0.192. The van der Waals surface area contributed by atoms with Gasteiger partial charge in [-0.2, -0.15) is 0 Å². The lowest BCUT2D eigenvalue weighted by molar-refractivity contribution is 0.0879. The van der Waals surface area contributed by atoms with Crippen molar-refractivity contribution in [3.8, 4) is 5.75 Å². The molecule has 0 bridgehead atoms. The van der Waals surface area contributed by atoms with Crippen molar-refractivity contribution >= 4 is 11.8 Å². The minimum absolute atomic E-state index is 0.349. The molecule has 5 nitrogen and oxygen atoms in total. The zero-order valence-electron chi connectivity index (χ0n) is 12.2. The molecule has 0 saturated heterocycles. The SMILES string of the molecule is CCN(CC)CCc1ccc2c(c1OC)C(=O)NC2=O. The molecule has 5 heteroatoms. The Labute approximate surface area is 118 Å². The van der Waals surface area contributed by atoms with E-state index in [0.717, 1.165) is 31.6 Å². The molecule has 1 N–H and O–H groups in total. The Morgan fingerprint density at radius 1 is 1.15 bits per heavy atom. The number of fused-ring (bicyclic) bond motifs is 1. The summed E-state index contributed by atoms with van der Waals surface area (Å²) in [4.78, 5) is 25.8. The summed E-state index contributed by atoms with van der Waals surface area (Å²) >= 11 is 0. The average molecular weight is 276 g/mol. The largest absolute Gasteiger partial charge is 0.496 e. The van der Waals surface area contributed by atoms with Gasteiger partial charge in [0.25, 0.3) is 11.8 Å². The Morgan fingerprint density at radius 3 is 2.45 bits per heavy atom. The van der Waals surface area contributed by atoms with Crippen LogP contribution in [0, 0.1) is 0 Å². The van der Waals surface area contributed by atoms with Crippen molar-refractivity contribution in [3.63, 3.8) is 0 Å². The summed E-state index contributed by atoms with van der Waals surface area (Å²) in [5, 5.41) is 2.30. The molecule has 20 heavy (non-hydrogen) atoms. The third-order valence-corrected chi connectivity index (χ3v) is 3.73. The van der Waals surface area contributed by atoms with E-state index in [4.69, 9.17) is 4.74 Å². The van der Waals surface area contributed by atoms with Crippen LogP contribution >= 0.6 is 0 Å². The molecule has 1 aromatic rings. The Hall–Kier alpha value is -1.88. The number of amides is 2. The zero-order valence-corrected chi connectivity index (χ0v) is 12.2. The molecule has 0 atom stereocenters. The van der Waals surface area contributed by atoms with Crippen LogP contribution in [0.4, 0.5) is 0 Å². The van der Waals surface area contributed by atoms with Crippen molar-refractivity contribution in [1.29, 1.82) is 0 Å². The van der Waals surface area contributed by atoms with Crippen LogP contribution in [0.2, 0.25) is 0 Å². The van der Waals surface area contributed by atoms with Crippen molar-refractivity contribution in [3.05, 3.63) is 28.8 Å². The molecule has 0 fully saturated rings. The molecular weight excluding hydrogens is 256 g/mol. The molecule has 0 spiro atoms. The first-order valence-corrected chi connectivity index (χ1v) is 6.90. The van der Waals surface area contributed by atoms with E-state index in [0.29, 0.717) is 16.9 Å². The number of imide groups is 1. The lowest BCUT2D eigenvalue weighted by atomic mass is 10.0. The van der Waals surface area contributed by atoms with E-state index >= 15 is 0 Å². The minimum atomic E-state index is -0.369. The lowest BCUT2D eigenvalue weighted by Gasteiger charge is -2.19. The maximum absolute atomic E-state index is 11.8. The van der Waals surface area contributed by atoms with Gasteiger partial charge in [0.1, 0.15) is 5.75 Å². The van der Waals surface area contributed by atoms with Crippen molar-refractivity contribution in [2.45, 2.75) is 20.3 Å². The van der Waals surface area contributed by atoms with E-state index in [1.54, 1.807) is 6.07 Å². The van der Waals surface area contributed by atoms with Crippen LogP contribution in [0.15, 0.2) is 12.1 Å². The van der Waals surface area contributed by atoms with Crippen molar-refractivity contribution < 1.29 is 14.3 Å². The van der Waals surface area contributed by atoms with E-state index in [1.807, 2.05) is 6.07 Å². The number of methoxy groups -OCH3 is 1. The number of nitrogens with zero attached hydrogens (tertiary/aromatic N) is 1. The van der Waals surface area contributed by atoms with Gasteiger partial charge in [-0.15, -0.1) is 0 Å². The van der Waals surface area contributed by atoms with E-state index in [1.165, 1.54) is 7.11 Å². The second-order valence-corrected chi connectivity index (χ2v) is 4.74. The second-order valence-electron chi connectivity index (χ2n) is 4.74. The van der Waals surface area contributed by atoms with Crippen LogP contribution in [0.5, 0.6) is 5.75 Å². The van der Waals surface area contributed by atoms with E-state index in [-0.39, 0.29) is 11.8 Å². The number of carbonyl (C=O) groups is 2. The molecule has 0 aromatic heterocycles. The molecule has 0 saturated carbocycles. The highest BCUT2D eigenvalue weighted by Gasteiger charge is 2.31. The number of carbonyl (C=O) groups excluding carboxylic acids is 2. The van der Waals surface area contributed by atoms with Gasteiger partial charge in [0.05, 0.1) is 18.2 Å². The highest BCUT2D eigenvalue weighted by molar-refractivity contribution is 6.22. The van der Waals surface area contributed by atoms with E-state index in [9.17, 15) is 9.59 Å². The standard InChI is InChI=1S/C15H20N2O3/c1-4-17(5-2)9-8-10-6-7-11-12(13(10)20-3)15(19)16-14(11)18/h6-7H,4-5,8-9H2,1-3H3,(H,16,18,19). The minimum Gasteiger partial charge on any atom is -0.496 e. The number of hydrogen-bond donors (Lipinski definition) is 1. The van der Waals surface area contributed by atoms with Crippen LogP contribution in [-0.4, -0.2) is 43.5 Å². The molecule has 0 radical (unpaired) electrons. The summed E-state index contributed by atoms with van der Waals surface area (Å²) in [6.45, 7) is 7.12. The van der Waals surface area contributed by atoms with E-state index < -0.39 is 0 Å². The highest BCUT2D eigenvalue weighted by atomic mass is 16.5. The summed E-state index contributed by atoms with van der Waals surface area (Å²) < 4.78 is 5.37. The molecular formula is C15H20N2O3. The number of hydrogen-bond acceptors (Lipinski definition) is 4. The fourth-order valence-electron chi connectivity index (χ4n) is 2.52. The molecule has 1 aromatic carbocycles. The quantitative estimate of drug-likeness (QED) is 0.799. The van der Waals surface area contributed by atoms with Crippen LogP contribution in [0.1, 0.15) is 40.1 Å². The van der Waals surface area contributed by atoms with Gasteiger partial charge in [-0.1, -0.05) is 19.9 Å². The summed E-state index contributed by atoms with van der Waals surface area (Å²) in [6, 6.07) is 3.58. The monoisotopic (exact) mass is 276 g/mol. The number of ether oxygens (including phenoxy) is 1. The fourth-order valence-corrected chi connectivity index (χ4v) is 2.52. The smallest absolute Gasteiger partial charge is 0.262 e. The summed E-state index contributed by atoms with van der Waals surface area (Å²) in [6.07, 6.45) is 0.791. The molecule has 1 aliphatic heterocycles. The van der Waals surface area contributed by atoms with Gasteiger partial charge in [0.2, 0.25) is 0 Å². The zero-order chi connectivity index (χ0) is 14.7. The topological polar surface area (TPSA) is 58.6 Å². The third-order valence-electron chi connectivity index (χ3n) is 3.73. The fraction of sp³-hybridized carbons (Fsp3) is 0.467. The second kappa shape index (κ2) is 6.05. The van der Waals surface area contributed by atoms with Crippen molar-refractivity contribution in [2.24, 2.45) is 0 Å². The van der Waals surface area contributed by atoms with Crippen LogP contribution in [0.3, 0.4) is 0 Å². The maximum Gasteiger partial charge on any atom is 0.262 e. The highest BCUT2D eigenvalue weighted by Crippen LogP contribution is 2.30. The molecule has 2 amide bonds. The van der Waals surface area contributed by atoms with Gasteiger partial charge in [0.15, 0.2) is 0 Å². The molecule has 0 aliphatic carbocycles. The number of rotatable bonds is 6. The van der Waals surface area contributed by atoms with Crippen molar-refractivity contribution in [1.82, 2.24) is 10.2 Å². The van der Waals surface area contributed by atoms with Gasteiger partial charge >= 0.3 is 0 Å². The van der Waals surface area contributed by atoms with E-state index in [2.05, 4.69) is 24.1 Å². The normalized spacial score (nSPS) is 13.6. The van der Waals surface area contributed by atoms with Crippen LogP contribution in [-0.2, 0) is 6.42 Å². The molecule has 108 valence electrons. The first kappa shape index (κ1) is 14.5. The van der Waals surface area contributed by atoms with Gasteiger partial charge in [-0.25, -0.2) is 0 Å². The molecule has 0 unspecified atom stereocenters. The number of nitrogens with one attached hydrogen (secondary N) is 1. The summed E-state index contributed by atoms with van der Waals surface area (Å²) in [7, 11) is 1.53. The van der Waals surface area contributed by atoms with Gasteiger partial charge in [0, 0.05) is 6.54 Å². The Kier molecular flexibility index (Phi) is 4.39. The predicted molar refractivity (Wildman–Crippen MR) is 76.3 cm³/mol. The van der Waals surface area contributed by atoms with Crippen molar-refractivity contribution in [2.75, 3.05) is 26.7 Å². The van der Waals surface area contributed by atoms with Gasteiger partial charge in [-0.3, -0.25) is 14.9 Å². The maximum atomic E-state index is 11.8. The molecule has 1 aliphatic rings. The number of likely N-dealkylation sites (N-methyl/N-ethyl adjacent to an activating group) is 1. The summed E-state index contributed by atoms with van der Waals surface area (Å²) in [5.41, 5.74) is 1.73. The number of benzene rings is 1. The molecule has 2 rings (SSSR count). The average Bonchev–Trinajstić information content (AvgIpc) is 2.75. The van der Waals surface area contributed by atoms with Crippen LogP contribution < -0.4 is 10.1 Å². The van der Waals surface area contributed by atoms with Gasteiger partial charge in [-0.05, 0) is 31.1 Å². The first-order chi connectivity index (χ1) is 9.62. The Bertz CT molecular complexity index is 536. The predicted octanol–water partition coefficient (Wildman–Crippen LogP) is 1.46. The Morgan fingerprint density at radius 2 is 1.85 bits per heavy atom.